The Morgan fingerprint density at radius 1 is 1.09 bits per heavy atom. The number of benzene rings is 2. The molecule has 1 aromatic heterocycles. The summed E-state index contributed by atoms with van der Waals surface area (Å²) < 4.78 is 5.81. The number of fused-ring (bicyclic) bond motifs is 1. The van der Waals surface area contributed by atoms with Crippen LogP contribution in [0, 0.1) is 0 Å². The van der Waals surface area contributed by atoms with Gasteiger partial charge in [-0.25, -0.2) is 4.98 Å². The van der Waals surface area contributed by atoms with Gasteiger partial charge in [0, 0.05) is 50.4 Å². The summed E-state index contributed by atoms with van der Waals surface area (Å²) in [5.74, 6) is 1.40. The number of ether oxygens (including phenoxy) is 1. The zero-order valence-electron chi connectivity index (χ0n) is 18.5. The van der Waals surface area contributed by atoms with Gasteiger partial charge in [-0.3, -0.25) is 9.79 Å². The Bertz CT molecular complexity index is 1090. The summed E-state index contributed by atoms with van der Waals surface area (Å²) in [6, 6.07) is 21.8. The van der Waals surface area contributed by atoms with Crippen LogP contribution in [-0.4, -0.2) is 30.4 Å². The van der Waals surface area contributed by atoms with E-state index in [-0.39, 0.29) is 35.8 Å². The van der Waals surface area contributed by atoms with Crippen molar-refractivity contribution in [1.82, 2.24) is 15.6 Å². The number of halogens is 1. The lowest BCUT2D eigenvalue weighted by molar-refractivity contribution is -0.116. The van der Waals surface area contributed by atoms with Crippen LogP contribution in [0.15, 0.2) is 77.9 Å². The Morgan fingerprint density at radius 2 is 1.88 bits per heavy atom. The van der Waals surface area contributed by atoms with Crippen LogP contribution in [-0.2, 0) is 17.9 Å². The van der Waals surface area contributed by atoms with E-state index in [1.165, 1.54) is 0 Å². The largest absolute Gasteiger partial charge is 0.473 e. The SMILES string of the molecule is CN=C(NCc1ccnc(OCc2ccccc2)c1)NCC1CC(=O)Nc2ccccc21.I. The molecule has 172 valence electrons. The fraction of sp³-hybridized carbons (Fsp3) is 0.240. The summed E-state index contributed by atoms with van der Waals surface area (Å²) >= 11 is 0. The number of aliphatic imine (C=N–C) groups is 1. The molecule has 4 rings (SSSR count). The van der Waals surface area contributed by atoms with Gasteiger partial charge in [0.1, 0.15) is 6.61 Å². The molecule has 3 N–H and O–H groups in total. The number of nitrogens with one attached hydrogen (secondary N) is 3. The van der Waals surface area contributed by atoms with Crippen LogP contribution >= 0.6 is 24.0 Å². The van der Waals surface area contributed by atoms with Gasteiger partial charge in [0.25, 0.3) is 0 Å². The number of guanidine groups is 1. The highest BCUT2D eigenvalue weighted by molar-refractivity contribution is 14.0. The number of carbonyl (C=O) groups is 1. The quantitative estimate of drug-likeness (QED) is 0.232. The van der Waals surface area contributed by atoms with Gasteiger partial charge in [-0.15, -0.1) is 24.0 Å². The maximum Gasteiger partial charge on any atom is 0.225 e. The van der Waals surface area contributed by atoms with Crippen LogP contribution in [0.4, 0.5) is 5.69 Å². The van der Waals surface area contributed by atoms with Crippen LogP contribution in [0.25, 0.3) is 0 Å². The van der Waals surface area contributed by atoms with Crippen LogP contribution in [0.2, 0.25) is 0 Å². The third-order valence-corrected chi connectivity index (χ3v) is 5.33. The van der Waals surface area contributed by atoms with E-state index in [1.54, 1.807) is 13.2 Å². The molecule has 0 fully saturated rings. The first-order valence-electron chi connectivity index (χ1n) is 10.7. The fourth-order valence-electron chi connectivity index (χ4n) is 3.68. The maximum atomic E-state index is 12.0. The van der Waals surface area contributed by atoms with Gasteiger partial charge in [-0.05, 0) is 28.8 Å². The predicted molar refractivity (Wildman–Crippen MR) is 141 cm³/mol. The van der Waals surface area contributed by atoms with Crippen molar-refractivity contribution in [1.29, 1.82) is 0 Å². The summed E-state index contributed by atoms with van der Waals surface area (Å²) in [4.78, 5) is 20.6. The third kappa shape index (κ3) is 6.92. The highest BCUT2D eigenvalue weighted by atomic mass is 127. The topological polar surface area (TPSA) is 87.6 Å². The highest BCUT2D eigenvalue weighted by Gasteiger charge is 2.24. The zero-order chi connectivity index (χ0) is 22.2. The summed E-state index contributed by atoms with van der Waals surface area (Å²) in [5.41, 5.74) is 4.16. The number of nitrogens with zero attached hydrogens (tertiary/aromatic N) is 2. The van der Waals surface area contributed by atoms with Gasteiger partial charge >= 0.3 is 0 Å². The Kier molecular flexibility index (Phi) is 9.05. The van der Waals surface area contributed by atoms with Crippen LogP contribution < -0.4 is 20.7 Å². The second-order valence-electron chi connectivity index (χ2n) is 7.62. The van der Waals surface area contributed by atoms with Crippen LogP contribution in [0.1, 0.15) is 29.0 Å². The highest BCUT2D eigenvalue weighted by Crippen LogP contribution is 2.31. The van der Waals surface area contributed by atoms with Crippen molar-refractivity contribution in [2.75, 3.05) is 18.9 Å². The van der Waals surface area contributed by atoms with E-state index in [0.717, 1.165) is 22.4 Å². The Labute approximate surface area is 211 Å². The van der Waals surface area contributed by atoms with Gasteiger partial charge < -0.3 is 20.7 Å². The van der Waals surface area contributed by atoms with Gasteiger partial charge in [-0.1, -0.05) is 48.5 Å². The second-order valence-corrected chi connectivity index (χ2v) is 7.62. The molecular formula is C25H28IN5O2. The lowest BCUT2D eigenvalue weighted by Gasteiger charge is -2.26. The molecule has 0 radical (unpaired) electrons. The first kappa shape index (κ1) is 24.5. The molecule has 0 spiro atoms. The first-order valence-corrected chi connectivity index (χ1v) is 10.7. The minimum absolute atomic E-state index is 0. The standard InChI is InChI=1S/C25H27N5O2.HI/c1-26-25(29-16-20-14-23(31)30-22-10-6-5-9-21(20)22)28-15-19-11-12-27-24(13-19)32-17-18-7-3-2-4-8-18;/h2-13,20H,14-17H2,1H3,(H,30,31)(H2,26,28,29);1H. The molecule has 0 saturated carbocycles. The van der Waals surface area contributed by atoms with Crippen molar-refractivity contribution in [3.8, 4) is 5.88 Å². The zero-order valence-corrected chi connectivity index (χ0v) is 20.8. The van der Waals surface area contributed by atoms with E-state index < -0.39 is 0 Å². The van der Waals surface area contributed by atoms with E-state index >= 15 is 0 Å². The van der Waals surface area contributed by atoms with E-state index in [9.17, 15) is 4.79 Å². The molecule has 2 heterocycles. The number of hydrogen-bond donors (Lipinski definition) is 3. The molecule has 0 saturated heterocycles. The average Bonchev–Trinajstić information content (AvgIpc) is 2.83. The van der Waals surface area contributed by atoms with Crippen molar-refractivity contribution in [2.24, 2.45) is 4.99 Å². The van der Waals surface area contributed by atoms with Crippen molar-refractivity contribution in [3.63, 3.8) is 0 Å². The molecule has 1 unspecified atom stereocenters. The van der Waals surface area contributed by atoms with Gasteiger partial charge in [-0.2, -0.15) is 0 Å². The van der Waals surface area contributed by atoms with Gasteiger partial charge in [0.15, 0.2) is 5.96 Å². The van der Waals surface area contributed by atoms with Crippen LogP contribution in [0.5, 0.6) is 5.88 Å². The Balaban J connectivity index is 0.00000306. The second kappa shape index (κ2) is 12.2. The number of aromatic nitrogens is 1. The summed E-state index contributed by atoms with van der Waals surface area (Å²) in [7, 11) is 1.73. The number of anilines is 1. The molecule has 2 aromatic carbocycles. The molecule has 8 heteroatoms. The number of rotatable bonds is 7. The predicted octanol–water partition coefficient (Wildman–Crippen LogP) is 4.07. The van der Waals surface area contributed by atoms with Gasteiger partial charge in [0.2, 0.25) is 11.8 Å². The number of para-hydroxylation sites is 1. The third-order valence-electron chi connectivity index (χ3n) is 5.33. The van der Waals surface area contributed by atoms with E-state index in [1.807, 2.05) is 60.7 Å². The average molecular weight is 557 g/mol. The molecule has 1 aliphatic heterocycles. The van der Waals surface area contributed by atoms with Crippen molar-refractivity contribution in [3.05, 3.63) is 89.6 Å². The van der Waals surface area contributed by atoms with E-state index in [4.69, 9.17) is 4.74 Å². The van der Waals surface area contributed by atoms with E-state index in [2.05, 4.69) is 32.0 Å². The summed E-state index contributed by atoms with van der Waals surface area (Å²) in [5, 5.41) is 9.59. The number of carbonyl (C=O) groups excluding carboxylic acids is 1. The smallest absolute Gasteiger partial charge is 0.225 e. The molecule has 1 aliphatic rings. The number of amides is 1. The van der Waals surface area contributed by atoms with Crippen molar-refractivity contribution >= 4 is 41.5 Å². The fourth-order valence-corrected chi connectivity index (χ4v) is 3.68. The normalized spacial score (nSPS) is 15.0. The molecule has 7 nitrogen and oxygen atoms in total. The molecule has 0 bridgehead atoms. The Hall–Kier alpha value is -3.14. The lowest BCUT2D eigenvalue weighted by Crippen LogP contribution is -2.40. The molecule has 3 aromatic rings. The van der Waals surface area contributed by atoms with E-state index in [0.29, 0.717) is 38.0 Å². The van der Waals surface area contributed by atoms with Crippen molar-refractivity contribution < 1.29 is 9.53 Å². The van der Waals surface area contributed by atoms with Crippen molar-refractivity contribution in [2.45, 2.75) is 25.5 Å². The first-order chi connectivity index (χ1) is 15.7. The van der Waals surface area contributed by atoms with Crippen LogP contribution in [0.3, 0.4) is 0 Å². The Morgan fingerprint density at radius 3 is 2.70 bits per heavy atom. The summed E-state index contributed by atoms with van der Waals surface area (Å²) in [6.45, 7) is 1.67. The molecule has 33 heavy (non-hydrogen) atoms. The minimum Gasteiger partial charge on any atom is -0.473 e. The van der Waals surface area contributed by atoms with Gasteiger partial charge in [0.05, 0.1) is 0 Å². The molecule has 0 aliphatic carbocycles. The monoisotopic (exact) mass is 557 g/mol. The minimum atomic E-state index is 0. The number of hydrogen-bond acceptors (Lipinski definition) is 4. The molecule has 1 atom stereocenters. The lowest BCUT2D eigenvalue weighted by atomic mass is 9.90. The maximum absolute atomic E-state index is 12.0. The summed E-state index contributed by atoms with van der Waals surface area (Å²) in [6.07, 6.45) is 2.19. The molecular weight excluding hydrogens is 529 g/mol. The molecule has 1 amide bonds. The number of pyridine rings is 1.